The van der Waals surface area contributed by atoms with Crippen molar-refractivity contribution in [3.05, 3.63) is 89.7 Å². The summed E-state index contributed by atoms with van der Waals surface area (Å²) in [7, 11) is 0. The van der Waals surface area contributed by atoms with Crippen LogP contribution in [0, 0.1) is 0 Å². The predicted molar refractivity (Wildman–Crippen MR) is 130 cm³/mol. The van der Waals surface area contributed by atoms with E-state index in [1.165, 1.54) is 11.3 Å². The van der Waals surface area contributed by atoms with Crippen molar-refractivity contribution in [1.82, 2.24) is 9.97 Å². The predicted octanol–water partition coefficient (Wildman–Crippen LogP) is 5.04. The molecule has 0 aliphatic heterocycles. The minimum absolute atomic E-state index is 0.163. The maximum absolute atomic E-state index is 12.5. The summed E-state index contributed by atoms with van der Waals surface area (Å²) in [5.41, 5.74) is 3.40. The summed E-state index contributed by atoms with van der Waals surface area (Å²) in [6, 6.07) is 17.7. The molecule has 4 aromatic rings. The number of benzene rings is 2. The van der Waals surface area contributed by atoms with E-state index in [-0.39, 0.29) is 18.2 Å². The van der Waals surface area contributed by atoms with Crippen LogP contribution in [0.2, 0.25) is 0 Å². The molecule has 166 valence electrons. The van der Waals surface area contributed by atoms with Crippen LogP contribution in [0.4, 0.5) is 11.4 Å². The molecule has 7 nitrogen and oxygen atoms in total. The molecule has 0 aliphatic rings. The molecule has 0 spiro atoms. The Kier molecular flexibility index (Phi) is 7.06. The number of ether oxygens (including phenoxy) is 1. The zero-order valence-electron chi connectivity index (χ0n) is 17.9. The number of carbonyl (C=O) groups excluding carboxylic acids is 2. The standard InChI is InChI=1S/C25H22N4O3S/c1-2-32-22-11-9-20(10-12-22)28-24(31)17-5-7-19(8-6-17)27-23(30)14-21-16-33-25(29-21)18-4-3-13-26-15-18/h3-13,15-16H,2,14H2,1H3,(H,27,30)(H,28,31). The summed E-state index contributed by atoms with van der Waals surface area (Å²) in [5.74, 6) is 0.341. The number of nitrogens with one attached hydrogen (secondary N) is 2. The second-order valence-corrected chi connectivity index (χ2v) is 7.96. The highest BCUT2D eigenvalue weighted by Gasteiger charge is 2.11. The third-order valence-corrected chi connectivity index (χ3v) is 5.60. The number of pyridine rings is 1. The Hall–Kier alpha value is -4.04. The van der Waals surface area contributed by atoms with Crippen molar-refractivity contribution < 1.29 is 14.3 Å². The van der Waals surface area contributed by atoms with Crippen LogP contribution in [0.3, 0.4) is 0 Å². The maximum Gasteiger partial charge on any atom is 0.255 e. The fourth-order valence-corrected chi connectivity index (χ4v) is 3.90. The van der Waals surface area contributed by atoms with Crippen molar-refractivity contribution in [2.45, 2.75) is 13.3 Å². The van der Waals surface area contributed by atoms with Crippen molar-refractivity contribution in [3.8, 4) is 16.3 Å². The van der Waals surface area contributed by atoms with E-state index in [2.05, 4.69) is 20.6 Å². The number of amides is 2. The quantitative estimate of drug-likeness (QED) is 0.386. The van der Waals surface area contributed by atoms with Gasteiger partial charge in [0, 0.05) is 40.3 Å². The number of hydrogen-bond acceptors (Lipinski definition) is 6. The molecule has 0 atom stereocenters. The van der Waals surface area contributed by atoms with Gasteiger partial charge in [0.15, 0.2) is 0 Å². The lowest BCUT2D eigenvalue weighted by Crippen LogP contribution is -2.15. The molecule has 0 radical (unpaired) electrons. The molecule has 2 amide bonds. The number of hydrogen-bond donors (Lipinski definition) is 2. The molecule has 0 saturated carbocycles. The second-order valence-electron chi connectivity index (χ2n) is 7.10. The Bertz CT molecular complexity index is 1220. The minimum Gasteiger partial charge on any atom is -0.494 e. The Labute approximate surface area is 195 Å². The summed E-state index contributed by atoms with van der Waals surface area (Å²) in [6.07, 6.45) is 3.62. The largest absolute Gasteiger partial charge is 0.494 e. The number of rotatable bonds is 8. The lowest BCUT2D eigenvalue weighted by molar-refractivity contribution is -0.115. The van der Waals surface area contributed by atoms with Gasteiger partial charge in [-0.15, -0.1) is 11.3 Å². The van der Waals surface area contributed by atoms with Crippen molar-refractivity contribution in [2.75, 3.05) is 17.2 Å². The Morgan fingerprint density at radius 2 is 1.70 bits per heavy atom. The SMILES string of the molecule is CCOc1ccc(NC(=O)c2ccc(NC(=O)Cc3csc(-c4cccnc4)n3)cc2)cc1. The first-order chi connectivity index (χ1) is 16.1. The van der Waals surface area contributed by atoms with E-state index in [0.29, 0.717) is 29.2 Å². The summed E-state index contributed by atoms with van der Waals surface area (Å²) >= 11 is 1.48. The van der Waals surface area contributed by atoms with Gasteiger partial charge in [-0.1, -0.05) is 0 Å². The molecule has 0 fully saturated rings. The zero-order valence-corrected chi connectivity index (χ0v) is 18.8. The first-order valence-corrected chi connectivity index (χ1v) is 11.3. The number of carbonyl (C=O) groups is 2. The van der Waals surface area contributed by atoms with Gasteiger partial charge in [-0.25, -0.2) is 4.98 Å². The van der Waals surface area contributed by atoms with Crippen LogP contribution in [0.25, 0.3) is 10.6 Å². The smallest absolute Gasteiger partial charge is 0.255 e. The molecule has 2 N–H and O–H groups in total. The van der Waals surface area contributed by atoms with Crippen molar-refractivity contribution in [2.24, 2.45) is 0 Å². The van der Waals surface area contributed by atoms with Gasteiger partial charge in [-0.2, -0.15) is 0 Å². The highest BCUT2D eigenvalue weighted by molar-refractivity contribution is 7.13. The van der Waals surface area contributed by atoms with Crippen molar-refractivity contribution in [3.63, 3.8) is 0 Å². The van der Waals surface area contributed by atoms with Gasteiger partial charge >= 0.3 is 0 Å². The molecule has 2 heterocycles. The van der Waals surface area contributed by atoms with Gasteiger partial charge in [-0.3, -0.25) is 14.6 Å². The van der Waals surface area contributed by atoms with Gasteiger partial charge in [0.25, 0.3) is 5.91 Å². The summed E-state index contributed by atoms with van der Waals surface area (Å²) in [6.45, 7) is 2.51. The first kappa shape index (κ1) is 22.2. The zero-order chi connectivity index (χ0) is 23.0. The lowest BCUT2D eigenvalue weighted by atomic mass is 10.2. The van der Waals surface area contributed by atoms with Crippen LogP contribution in [0.1, 0.15) is 23.0 Å². The van der Waals surface area contributed by atoms with E-state index in [1.807, 2.05) is 24.4 Å². The van der Waals surface area contributed by atoms with E-state index in [9.17, 15) is 9.59 Å². The van der Waals surface area contributed by atoms with Gasteiger partial charge in [0.1, 0.15) is 10.8 Å². The molecule has 33 heavy (non-hydrogen) atoms. The summed E-state index contributed by atoms with van der Waals surface area (Å²) < 4.78 is 5.40. The molecule has 0 saturated heterocycles. The van der Waals surface area contributed by atoms with Crippen LogP contribution in [-0.4, -0.2) is 28.4 Å². The monoisotopic (exact) mass is 458 g/mol. The maximum atomic E-state index is 12.5. The molecule has 2 aromatic carbocycles. The highest BCUT2D eigenvalue weighted by Crippen LogP contribution is 2.23. The van der Waals surface area contributed by atoms with Crippen LogP contribution in [-0.2, 0) is 11.2 Å². The Morgan fingerprint density at radius 3 is 2.39 bits per heavy atom. The van der Waals surface area contributed by atoms with Crippen LogP contribution < -0.4 is 15.4 Å². The van der Waals surface area contributed by atoms with Crippen LogP contribution >= 0.6 is 11.3 Å². The molecule has 0 aliphatic carbocycles. The normalized spacial score (nSPS) is 10.5. The second kappa shape index (κ2) is 10.5. The van der Waals surface area contributed by atoms with E-state index in [4.69, 9.17) is 4.74 Å². The highest BCUT2D eigenvalue weighted by atomic mass is 32.1. The first-order valence-electron chi connectivity index (χ1n) is 10.4. The molecular weight excluding hydrogens is 436 g/mol. The average molecular weight is 459 g/mol. The van der Waals surface area contributed by atoms with Gasteiger partial charge in [0.05, 0.1) is 18.7 Å². The molecule has 0 unspecified atom stereocenters. The van der Waals surface area contributed by atoms with Gasteiger partial charge < -0.3 is 15.4 Å². The fourth-order valence-electron chi connectivity index (χ4n) is 3.09. The number of nitrogens with zero attached hydrogens (tertiary/aromatic N) is 2. The fraction of sp³-hybridized carbons (Fsp3) is 0.120. The van der Waals surface area contributed by atoms with Gasteiger partial charge in [0.2, 0.25) is 5.91 Å². The van der Waals surface area contributed by atoms with E-state index in [0.717, 1.165) is 16.3 Å². The van der Waals surface area contributed by atoms with Gasteiger partial charge in [-0.05, 0) is 67.6 Å². The Morgan fingerprint density at radius 1 is 0.970 bits per heavy atom. The number of thiazole rings is 1. The molecule has 4 rings (SSSR count). The summed E-state index contributed by atoms with van der Waals surface area (Å²) in [4.78, 5) is 33.5. The van der Waals surface area contributed by atoms with Crippen LogP contribution in [0.15, 0.2) is 78.4 Å². The molecule has 0 bridgehead atoms. The van der Waals surface area contributed by atoms with E-state index < -0.39 is 0 Å². The summed E-state index contributed by atoms with van der Waals surface area (Å²) in [5, 5.41) is 8.38. The van der Waals surface area contributed by atoms with E-state index in [1.54, 1.807) is 60.9 Å². The number of anilines is 2. The molecule has 8 heteroatoms. The molecule has 2 aromatic heterocycles. The molecular formula is C25H22N4O3S. The van der Waals surface area contributed by atoms with Crippen molar-refractivity contribution in [1.29, 1.82) is 0 Å². The third-order valence-electron chi connectivity index (χ3n) is 4.66. The third kappa shape index (κ3) is 6.02. The topological polar surface area (TPSA) is 93.2 Å². The lowest BCUT2D eigenvalue weighted by Gasteiger charge is -2.08. The van der Waals surface area contributed by atoms with Crippen LogP contribution in [0.5, 0.6) is 5.75 Å². The van der Waals surface area contributed by atoms with Crippen molar-refractivity contribution >= 4 is 34.5 Å². The Balaban J connectivity index is 1.31. The van der Waals surface area contributed by atoms with E-state index >= 15 is 0 Å². The number of aromatic nitrogens is 2. The minimum atomic E-state index is -0.234. The average Bonchev–Trinajstić information content (AvgIpc) is 3.30.